The minimum atomic E-state index is -1.14. The van der Waals surface area contributed by atoms with Crippen LogP contribution >= 0.6 is 0 Å². The first kappa shape index (κ1) is 24.8. The van der Waals surface area contributed by atoms with Gasteiger partial charge in [0.1, 0.15) is 30.5 Å². The highest BCUT2D eigenvalue weighted by molar-refractivity contribution is 5.90. The number of nitrogens with zero attached hydrogens (tertiary/aromatic N) is 2. The van der Waals surface area contributed by atoms with Gasteiger partial charge < -0.3 is 25.4 Å². The van der Waals surface area contributed by atoms with Crippen LogP contribution in [0.3, 0.4) is 0 Å². The molecule has 0 saturated carbocycles. The highest BCUT2D eigenvalue weighted by atomic mass is 16.6. The van der Waals surface area contributed by atoms with Gasteiger partial charge in [0.2, 0.25) is 11.8 Å². The van der Waals surface area contributed by atoms with Crippen molar-refractivity contribution < 1.29 is 24.2 Å². The minimum absolute atomic E-state index is 0.0740. The van der Waals surface area contributed by atoms with Crippen molar-refractivity contribution in [1.82, 2.24) is 15.5 Å². The smallest absolute Gasteiger partial charge is 0.408 e. The van der Waals surface area contributed by atoms with E-state index in [2.05, 4.69) is 10.6 Å². The van der Waals surface area contributed by atoms with Crippen LogP contribution in [-0.4, -0.2) is 53.1 Å². The number of carbonyl (C=O) groups is 3. The van der Waals surface area contributed by atoms with E-state index in [1.165, 1.54) is 12.1 Å². The van der Waals surface area contributed by atoms with E-state index in [0.29, 0.717) is 12.1 Å². The molecule has 1 aromatic rings. The number of ether oxygens (including phenoxy) is 1. The summed E-state index contributed by atoms with van der Waals surface area (Å²) in [6.45, 7) is 6.63. The predicted molar refractivity (Wildman–Crippen MR) is 110 cm³/mol. The Bertz CT molecular complexity index is 782. The molecule has 9 nitrogen and oxygen atoms in total. The Balaban J connectivity index is 3.08. The zero-order chi connectivity index (χ0) is 22.7. The number of nitrogens with one attached hydrogen (secondary N) is 2. The molecule has 0 bridgehead atoms. The molecule has 0 heterocycles. The van der Waals surface area contributed by atoms with E-state index in [4.69, 9.17) is 4.74 Å². The van der Waals surface area contributed by atoms with Gasteiger partial charge in [-0.1, -0.05) is 25.5 Å². The van der Waals surface area contributed by atoms with Crippen molar-refractivity contribution in [2.75, 3.05) is 19.6 Å². The first-order valence-corrected chi connectivity index (χ1v) is 9.79. The molecule has 0 aliphatic heterocycles. The number of alkyl carbamates (subject to hydrolysis) is 1. The number of aromatic hydroxyl groups is 1. The molecule has 3 N–H and O–H groups in total. The van der Waals surface area contributed by atoms with Gasteiger partial charge in [0.15, 0.2) is 0 Å². The number of unbranched alkanes of at least 4 members (excludes halogenated alkanes) is 1. The van der Waals surface area contributed by atoms with E-state index in [9.17, 15) is 24.8 Å². The van der Waals surface area contributed by atoms with Gasteiger partial charge in [0, 0.05) is 6.54 Å². The maximum atomic E-state index is 12.9. The third-order valence-electron chi connectivity index (χ3n) is 3.92. The molecule has 0 fully saturated rings. The Kier molecular flexibility index (Phi) is 9.62. The lowest BCUT2D eigenvalue weighted by atomic mass is 10.0. The lowest BCUT2D eigenvalue weighted by Gasteiger charge is -2.29. The fourth-order valence-corrected chi connectivity index (χ4v) is 2.62. The van der Waals surface area contributed by atoms with Gasteiger partial charge >= 0.3 is 6.09 Å². The van der Waals surface area contributed by atoms with Crippen LogP contribution in [0.4, 0.5) is 4.79 Å². The van der Waals surface area contributed by atoms with Crippen molar-refractivity contribution in [2.45, 2.75) is 52.2 Å². The summed E-state index contributed by atoms with van der Waals surface area (Å²) in [6, 6.07) is 6.68. The summed E-state index contributed by atoms with van der Waals surface area (Å²) in [7, 11) is 0. The molecule has 30 heavy (non-hydrogen) atoms. The van der Waals surface area contributed by atoms with Crippen LogP contribution in [0.5, 0.6) is 5.75 Å². The van der Waals surface area contributed by atoms with E-state index >= 15 is 0 Å². The molecule has 1 rings (SSSR count). The molecule has 1 aromatic carbocycles. The molecule has 9 heteroatoms. The molecule has 0 aromatic heterocycles. The standard InChI is InChI=1S/C21H30N4O5/c1-5-6-11-23-19(28)18(15-8-7-9-16(26)13-15)25(12-10-22)17(27)14-24-20(29)30-21(2,3)4/h7-9,13,18,26H,5-6,11-12,14H2,1-4H3,(H,23,28)(H,24,29). The molecular weight excluding hydrogens is 388 g/mol. The number of phenolic OH excluding ortho intramolecular Hbond substituents is 1. The van der Waals surface area contributed by atoms with Crippen LogP contribution < -0.4 is 10.6 Å². The van der Waals surface area contributed by atoms with Crippen molar-refractivity contribution >= 4 is 17.9 Å². The van der Waals surface area contributed by atoms with Crippen molar-refractivity contribution in [3.8, 4) is 11.8 Å². The fourth-order valence-electron chi connectivity index (χ4n) is 2.62. The highest BCUT2D eigenvalue weighted by Crippen LogP contribution is 2.24. The monoisotopic (exact) mass is 418 g/mol. The fraction of sp³-hybridized carbons (Fsp3) is 0.524. The lowest BCUT2D eigenvalue weighted by Crippen LogP contribution is -2.48. The lowest BCUT2D eigenvalue weighted by molar-refractivity contribution is -0.139. The molecule has 0 aliphatic rings. The number of benzene rings is 1. The zero-order valence-electron chi connectivity index (χ0n) is 17.9. The summed E-state index contributed by atoms with van der Waals surface area (Å²) >= 11 is 0. The van der Waals surface area contributed by atoms with E-state index in [1.54, 1.807) is 32.9 Å². The Hall–Kier alpha value is -3.28. The van der Waals surface area contributed by atoms with Gasteiger partial charge in [-0.3, -0.25) is 9.59 Å². The molecule has 1 unspecified atom stereocenters. The van der Waals surface area contributed by atoms with Crippen LogP contribution in [0.25, 0.3) is 0 Å². The Morgan fingerprint density at radius 2 is 1.97 bits per heavy atom. The highest BCUT2D eigenvalue weighted by Gasteiger charge is 2.31. The number of phenols is 1. The number of rotatable bonds is 9. The average molecular weight is 418 g/mol. The average Bonchev–Trinajstić information content (AvgIpc) is 2.64. The molecule has 0 saturated heterocycles. The molecule has 0 spiro atoms. The van der Waals surface area contributed by atoms with Gasteiger partial charge in [-0.15, -0.1) is 0 Å². The zero-order valence-corrected chi connectivity index (χ0v) is 17.9. The van der Waals surface area contributed by atoms with Gasteiger partial charge in [-0.2, -0.15) is 5.26 Å². The van der Waals surface area contributed by atoms with E-state index in [-0.39, 0.29) is 12.3 Å². The third kappa shape index (κ3) is 8.39. The van der Waals surface area contributed by atoms with Gasteiger partial charge in [0.05, 0.1) is 6.07 Å². The van der Waals surface area contributed by atoms with Crippen molar-refractivity contribution in [3.63, 3.8) is 0 Å². The second-order valence-electron chi connectivity index (χ2n) is 7.68. The van der Waals surface area contributed by atoms with E-state index in [1.807, 2.05) is 13.0 Å². The Labute approximate surface area is 177 Å². The molecular formula is C21H30N4O5. The maximum Gasteiger partial charge on any atom is 0.408 e. The molecule has 0 aliphatic carbocycles. The van der Waals surface area contributed by atoms with Gasteiger partial charge in [0.25, 0.3) is 0 Å². The summed E-state index contributed by atoms with van der Waals surface area (Å²) in [6.07, 6.45) is 0.844. The van der Waals surface area contributed by atoms with Gasteiger partial charge in [-0.25, -0.2) is 4.79 Å². The van der Waals surface area contributed by atoms with Crippen LogP contribution in [0.2, 0.25) is 0 Å². The number of hydrogen-bond donors (Lipinski definition) is 3. The first-order valence-electron chi connectivity index (χ1n) is 9.79. The summed E-state index contributed by atoms with van der Waals surface area (Å²) in [4.78, 5) is 38.6. The minimum Gasteiger partial charge on any atom is -0.508 e. The number of hydrogen-bond acceptors (Lipinski definition) is 6. The summed E-state index contributed by atoms with van der Waals surface area (Å²) in [5.41, 5.74) is -0.382. The third-order valence-corrected chi connectivity index (χ3v) is 3.92. The quantitative estimate of drug-likeness (QED) is 0.416. The Morgan fingerprint density at radius 1 is 1.27 bits per heavy atom. The normalized spacial score (nSPS) is 11.7. The van der Waals surface area contributed by atoms with Crippen molar-refractivity contribution in [3.05, 3.63) is 29.8 Å². The summed E-state index contributed by atoms with van der Waals surface area (Å²) in [5.74, 6) is -1.19. The molecule has 0 radical (unpaired) electrons. The number of amides is 3. The molecule has 164 valence electrons. The topological polar surface area (TPSA) is 132 Å². The SMILES string of the molecule is CCCCNC(=O)C(c1cccc(O)c1)N(CC#N)C(=O)CNC(=O)OC(C)(C)C. The van der Waals surface area contributed by atoms with Crippen LogP contribution in [-0.2, 0) is 14.3 Å². The number of nitriles is 1. The largest absolute Gasteiger partial charge is 0.508 e. The van der Waals surface area contributed by atoms with Crippen molar-refractivity contribution in [2.24, 2.45) is 0 Å². The predicted octanol–water partition coefficient (Wildman–Crippen LogP) is 2.23. The second-order valence-corrected chi connectivity index (χ2v) is 7.68. The van der Waals surface area contributed by atoms with E-state index in [0.717, 1.165) is 17.7 Å². The van der Waals surface area contributed by atoms with Gasteiger partial charge in [-0.05, 0) is 44.9 Å². The molecule has 3 amide bonds. The maximum absolute atomic E-state index is 12.9. The van der Waals surface area contributed by atoms with Crippen molar-refractivity contribution in [1.29, 1.82) is 5.26 Å². The Morgan fingerprint density at radius 3 is 2.53 bits per heavy atom. The van der Waals surface area contributed by atoms with Crippen LogP contribution in [0.15, 0.2) is 24.3 Å². The number of carbonyl (C=O) groups excluding carboxylic acids is 3. The first-order chi connectivity index (χ1) is 14.1. The molecule has 1 atom stereocenters. The summed E-state index contributed by atoms with van der Waals surface area (Å²) < 4.78 is 5.10. The van der Waals surface area contributed by atoms with E-state index < -0.39 is 36.1 Å². The summed E-state index contributed by atoms with van der Waals surface area (Å²) in [5, 5.41) is 24.1. The second kappa shape index (κ2) is 11.7. The van der Waals surface area contributed by atoms with Crippen LogP contribution in [0.1, 0.15) is 52.1 Å². The van der Waals surface area contributed by atoms with Crippen LogP contribution in [0, 0.1) is 11.3 Å².